The Balaban J connectivity index is 2.87. The van der Waals surface area contributed by atoms with Crippen molar-refractivity contribution in [3.63, 3.8) is 0 Å². The van der Waals surface area contributed by atoms with Gasteiger partial charge >= 0.3 is 5.97 Å². The van der Waals surface area contributed by atoms with Crippen molar-refractivity contribution in [1.82, 2.24) is 0 Å². The lowest BCUT2D eigenvalue weighted by Gasteiger charge is -2.08. The average molecular weight is 285 g/mol. The molecule has 0 saturated heterocycles. The molecule has 0 radical (unpaired) electrons. The molecule has 1 aliphatic rings. The smallest absolute Gasteiger partial charge is 0.315 e. The maximum absolute atomic E-state index is 11.1. The Kier molecular flexibility index (Phi) is 6.14. The number of nitro groups is 1. The zero-order valence-electron chi connectivity index (χ0n) is 10.8. The Morgan fingerprint density at radius 2 is 2.26 bits per heavy atom. The number of thioether (sulfide) groups is 1. The lowest BCUT2D eigenvalue weighted by atomic mass is 10.2. The SMILES string of the molecule is COC(=O)CSCC1=C(OC)C=CCC=C1[N+](=O)[O-]. The molecular weight excluding hydrogens is 270 g/mol. The second kappa shape index (κ2) is 7.63. The third kappa shape index (κ3) is 4.44. The number of carbonyl (C=O) groups excluding carboxylic acids is 1. The van der Waals surface area contributed by atoms with Crippen molar-refractivity contribution in [2.75, 3.05) is 25.7 Å². The number of carbonyl (C=O) groups is 1. The van der Waals surface area contributed by atoms with Crippen molar-refractivity contribution < 1.29 is 19.2 Å². The molecule has 0 N–H and O–H groups in total. The van der Waals surface area contributed by atoms with E-state index in [-0.39, 0.29) is 17.4 Å². The molecule has 0 aromatic heterocycles. The Labute approximate surface area is 115 Å². The first-order valence-electron chi connectivity index (χ1n) is 5.53. The van der Waals surface area contributed by atoms with Crippen molar-refractivity contribution in [3.8, 4) is 0 Å². The van der Waals surface area contributed by atoms with Crippen LogP contribution in [0.15, 0.2) is 35.3 Å². The lowest BCUT2D eigenvalue weighted by Crippen LogP contribution is -2.09. The fourth-order valence-corrected chi connectivity index (χ4v) is 2.40. The fraction of sp³-hybridized carbons (Fsp3) is 0.417. The van der Waals surface area contributed by atoms with Crippen LogP contribution >= 0.6 is 11.8 Å². The summed E-state index contributed by atoms with van der Waals surface area (Å²) in [6, 6.07) is 0. The number of rotatable bonds is 6. The predicted molar refractivity (Wildman–Crippen MR) is 72.2 cm³/mol. The molecule has 0 aromatic rings. The zero-order chi connectivity index (χ0) is 14.3. The van der Waals surface area contributed by atoms with Gasteiger partial charge in [0.1, 0.15) is 5.76 Å². The van der Waals surface area contributed by atoms with Gasteiger partial charge in [-0.3, -0.25) is 14.9 Å². The zero-order valence-corrected chi connectivity index (χ0v) is 11.6. The average Bonchev–Trinajstić information content (AvgIpc) is 2.60. The summed E-state index contributed by atoms with van der Waals surface area (Å²) in [6.45, 7) is 0. The van der Waals surface area contributed by atoms with E-state index in [1.54, 1.807) is 12.2 Å². The third-order valence-electron chi connectivity index (χ3n) is 2.43. The highest BCUT2D eigenvalue weighted by molar-refractivity contribution is 8.00. The summed E-state index contributed by atoms with van der Waals surface area (Å²) in [5.41, 5.74) is 0.509. The van der Waals surface area contributed by atoms with Crippen LogP contribution < -0.4 is 0 Å². The van der Waals surface area contributed by atoms with Gasteiger partial charge in [-0.1, -0.05) is 6.08 Å². The van der Waals surface area contributed by atoms with E-state index in [4.69, 9.17) is 4.74 Å². The van der Waals surface area contributed by atoms with Crippen molar-refractivity contribution >= 4 is 17.7 Å². The summed E-state index contributed by atoms with van der Waals surface area (Å²) in [7, 11) is 2.77. The van der Waals surface area contributed by atoms with E-state index >= 15 is 0 Å². The van der Waals surface area contributed by atoms with Crippen LogP contribution in [0, 0.1) is 10.1 Å². The summed E-state index contributed by atoms with van der Waals surface area (Å²) in [5.74, 6) is 0.555. The summed E-state index contributed by atoms with van der Waals surface area (Å²) in [4.78, 5) is 21.7. The molecule has 19 heavy (non-hydrogen) atoms. The molecule has 7 heteroatoms. The molecule has 1 rings (SSSR count). The van der Waals surface area contributed by atoms with Gasteiger partial charge in [0.2, 0.25) is 0 Å². The number of esters is 1. The van der Waals surface area contributed by atoms with E-state index in [0.717, 1.165) is 0 Å². The predicted octanol–water partition coefficient (Wildman–Crippen LogP) is 1.91. The van der Waals surface area contributed by atoms with Gasteiger partial charge in [0.25, 0.3) is 5.70 Å². The van der Waals surface area contributed by atoms with Gasteiger partial charge in [-0.2, -0.15) is 0 Å². The van der Waals surface area contributed by atoms with Crippen LogP contribution in [0.4, 0.5) is 0 Å². The van der Waals surface area contributed by atoms with Crippen molar-refractivity contribution in [3.05, 3.63) is 45.4 Å². The molecule has 0 fully saturated rings. The van der Waals surface area contributed by atoms with E-state index in [1.165, 1.54) is 32.1 Å². The number of hydrogen-bond acceptors (Lipinski definition) is 6. The molecule has 0 amide bonds. The molecule has 0 heterocycles. The second-order valence-electron chi connectivity index (χ2n) is 3.60. The van der Waals surface area contributed by atoms with Crippen LogP contribution in [0.1, 0.15) is 6.42 Å². The number of nitrogens with zero attached hydrogens (tertiary/aromatic N) is 1. The molecule has 1 aliphatic carbocycles. The summed E-state index contributed by atoms with van der Waals surface area (Å²) < 4.78 is 9.69. The van der Waals surface area contributed by atoms with Gasteiger partial charge in [-0.05, 0) is 18.6 Å². The topological polar surface area (TPSA) is 78.7 Å². The quantitative estimate of drug-likeness (QED) is 0.421. The molecule has 0 spiro atoms. The first kappa shape index (κ1) is 15.3. The Morgan fingerprint density at radius 3 is 2.84 bits per heavy atom. The Hall–Kier alpha value is -1.76. The molecule has 6 nitrogen and oxygen atoms in total. The molecule has 0 saturated carbocycles. The van der Waals surface area contributed by atoms with E-state index in [2.05, 4.69) is 4.74 Å². The van der Waals surface area contributed by atoms with Crippen LogP contribution in [0.3, 0.4) is 0 Å². The van der Waals surface area contributed by atoms with Crippen molar-refractivity contribution in [2.45, 2.75) is 6.42 Å². The Morgan fingerprint density at radius 1 is 1.53 bits per heavy atom. The minimum atomic E-state index is -0.431. The molecule has 0 unspecified atom stereocenters. The molecule has 0 aliphatic heterocycles. The molecule has 0 atom stereocenters. The van der Waals surface area contributed by atoms with Crippen LogP contribution in [0.2, 0.25) is 0 Å². The largest absolute Gasteiger partial charge is 0.496 e. The molecular formula is C12H15NO5S. The van der Waals surface area contributed by atoms with Gasteiger partial charge in [0, 0.05) is 5.75 Å². The molecule has 0 aromatic carbocycles. The lowest BCUT2D eigenvalue weighted by molar-refractivity contribution is -0.421. The van der Waals surface area contributed by atoms with E-state index < -0.39 is 4.92 Å². The highest BCUT2D eigenvalue weighted by atomic mass is 32.2. The molecule has 0 bridgehead atoms. The van der Waals surface area contributed by atoms with Crippen LogP contribution in [-0.2, 0) is 14.3 Å². The van der Waals surface area contributed by atoms with Gasteiger partial charge in [-0.25, -0.2) is 0 Å². The van der Waals surface area contributed by atoms with Crippen LogP contribution in [0.25, 0.3) is 0 Å². The van der Waals surface area contributed by atoms with E-state index in [9.17, 15) is 14.9 Å². The van der Waals surface area contributed by atoms with Crippen LogP contribution in [-0.4, -0.2) is 36.6 Å². The summed E-state index contributed by atoms with van der Waals surface area (Å²) in [6.07, 6.45) is 5.52. The van der Waals surface area contributed by atoms with Crippen molar-refractivity contribution in [2.24, 2.45) is 0 Å². The number of ether oxygens (including phenoxy) is 2. The fourth-order valence-electron chi connectivity index (χ4n) is 1.52. The van der Waals surface area contributed by atoms with Crippen LogP contribution in [0.5, 0.6) is 0 Å². The minimum Gasteiger partial charge on any atom is -0.496 e. The van der Waals surface area contributed by atoms with Crippen molar-refractivity contribution in [1.29, 1.82) is 0 Å². The first-order valence-corrected chi connectivity index (χ1v) is 6.68. The summed E-state index contributed by atoms with van der Waals surface area (Å²) >= 11 is 1.25. The normalized spacial score (nSPS) is 14.7. The highest BCUT2D eigenvalue weighted by Crippen LogP contribution is 2.25. The van der Waals surface area contributed by atoms with E-state index in [0.29, 0.717) is 23.5 Å². The van der Waals surface area contributed by atoms with Gasteiger partial charge in [0.05, 0.1) is 30.5 Å². The van der Waals surface area contributed by atoms with Gasteiger partial charge in [0.15, 0.2) is 0 Å². The maximum Gasteiger partial charge on any atom is 0.315 e. The monoisotopic (exact) mass is 285 g/mol. The number of methoxy groups -OCH3 is 2. The maximum atomic E-state index is 11.1. The standard InChI is InChI=1S/C12H15NO5S/c1-17-11-6-4-3-5-10(13(15)16)9(11)7-19-8-12(14)18-2/h4-6H,3,7-8H2,1-2H3. The second-order valence-corrected chi connectivity index (χ2v) is 4.59. The minimum absolute atomic E-state index is 0.0271. The number of hydrogen-bond donors (Lipinski definition) is 0. The third-order valence-corrected chi connectivity index (χ3v) is 3.37. The van der Waals surface area contributed by atoms with Gasteiger partial charge in [-0.15, -0.1) is 11.8 Å². The highest BCUT2D eigenvalue weighted by Gasteiger charge is 2.23. The number of allylic oxidation sites excluding steroid dienone is 4. The van der Waals surface area contributed by atoms with Gasteiger partial charge < -0.3 is 9.47 Å². The van der Waals surface area contributed by atoms with E-state index in [1.807, 2.05) is 0 Å². The molecule has 104 valence electrons. The Bertz CT molecular complexity index is 453. The first-order chi connectivity index (χ1) is 9.10. The summed E-state index contributed by atoms with van der Waals surface area (Å²) in [5, 5.41) is 11.1.